The number of halogens is 4. The molecule has 4 nitrogen and oxygen atoms in total. The number of alkyl halides is 3. The quantitative estimate of drug-likeness (QED) is 0.804. The van der Waals surface area contributed by atoms with Crippen LogP contribution in [0.15, 0.2) is 42.6 Å². The van der Waals surface area contributed by atoms with Crippen molar-refractivity contribution in [3.05, 3.63) is 54.0 Å². The van der Waals surface area contributed by atoms with Crippen molar-refractivity contribution in [1.82, 2.24) is 15.1 Å². The van der Waals surface area contributed by atoms with Gasteiger partial charge in [-0.05, 0) is 29.8 Å². The summed E-state index contributed by atoms with van der Waals surface area (Å²) >= 11 is 0. The third kappa shape index (κ3) is 3.64. The van der Waals surface area contributed by atoms with Gasteiger partial charge in [0.15, 0.2) is 5.82 Å². The van der Waals surface area contributed by atoms with E-state index in [1.807, 2.05) is 4.90 Å². The van der Waals surface area contributed by atoms with Gasteiger partial charge in [0.1, 0.15) is 11.9 Å². The molecule has 8 heteroatoms. The first-order chi connectivity index (χ1) is 11.4. The number of rotatable bonds is 3. The number of aromatic nitrogens is 2. The number of hydrogen-bond donors (Lipinski definition) is 0. The zero-order chi connectivity index (χ0) is 17.2. The van der Waals surface area contributed by atoms with E-state index in [1.165, 1.54) is 17.0 Å². The first-order valence-corrected chi connectivity index (χ1v) is 7.54. The summed E-state index contributed by atoms with van der Waals surface area (Å²) in [4.78, 5) is 3.23. The molecule has 0 spiro atoms. The molecule has 0 amide bonds. The highest BCUT2D eigenvalue weighted by atomic mass is 19.4. The summed E-state index contributed by atoms with van der Waals surface area (Å²) in [7, 11) is 0. The molecular formula is C16H16F4N4. The molecule has 1 aromatic carbocycles. The Hall–Kier alpha value is -2.22. The summed E-state index contributed by atoms with van der Waals surface area (Å²) in [6.45, 7) is 1.22. The smallest absolute Gasteiger partial charge is 0.353 e. The Morgan fingerprint density at radius 1 is 1.00 bits per heavy atom. The minimum atomic E-state index is -4.47. The van der Waals surface area contributed by atoms with Crippen molar-refractivity contribution in [1.29, 1.82) is 0 Å². The second kappa shape index (κ2) is 6.72. The van der Waals surface area contributed by atoms with Crippen LogP contribution in [0.3, 0.4) is 0 Å². The number of anilines is 1. The van der Waals surface area contributed by atoms with Gasteiger partial charge in [-0.2, -0.15) is 18.3 Å². The molecule has 1 aliphatic rings. The Balaban J connectivity index is 1.76. The predicted octanol–water partition coefficient (Wildman–Crippen LogP) is 3.04. The molecule has 0 aliphatic carbocycles. The molecule has 0 N–H and O–H groups in total. The van der Waals surface area contributed by atoms with E-state index in [1.54, 1.807) is 18.3 Å². The van der Waals surface area contributed by atoms with Crippen molar-refractivity contribution in [2.24, 2.45) is 0 Å². The van der Waals surface area contributed by atoms with Crippen molar-refractivity contribution in [2.45, 2.75) is 12.2 Å². The fourth-order valence-electron chi connectivity index (χ4n) is 2.95. The van der Waals surface area contributed by atoms with Gasteiger partial charge in [-0.3, -0.25) is 4.90 Å². The van der Waals surface area contributed by atoms with Gasteiger partial charge in [-0.15, -0.1) is 5.10 Å². The van der Waals surface area contributed by atoms with Crippen LogP contribution in [0.25, 0.3) is 0 Å². The summed E-state index contributed by atoms with van der Waals surface area (Å²) < 4.78 is 54.0. The minimum absolute atomic E-state index is 0.0737. The van der Waals surface area contributed by atoms with E-state index in [9.17, 15) is 17.6 Å². The van der Waals surface area contributed by atoms with Crippen LogP contribution in [0.2, 0.25) is 0 Å². The lowest BCUT2D eigenvalue weighted by molar-refractivity contribution is -0.187. The van der Waals surface area contributed by atoms with Gasteiger partial charge in [0.2, 0.25) is 0 Å². The molecule has 0 unspecified atom stereocenters. The van der Waals surface area contributed by atoms with Crippen LogP contribution in [0, 0.1) is 5.82 Å². The van der Waals surface area contributed by atoms with E-state index < -0.39 is 18.0 Å². The molecule has 0 bridgehead atoms. The molecular weight excluding hydrogens is 324 g/mol. The van der Waals surface area contributed by atoms with E-state index in [2.05, 4.69) is 10.2 Å². The average molecular weight is 340 g/mol. The summed E-state index contributed by atoms with van der Waals surface area (Å²) in [5.41, 5.74) is -0.0737. The molecule has 2 aromatic rings. The first-order valence-electron chi connectivity index (χ1n) is 7.54. The third-order valence-electron chi connectivity index (χ3n) is 4.04. The molecule has 1 fully saturated rings. The standard InChI is InChI=1S/C16H16F4N4/c17-13-4-1-3-12(11-13)15(16(18,19)20)24-9-7-23(8-10-24)14-5-2-6-21-22-14/h1-6,11,15H,7-10H2/t15-/m0/s1. The fraction of sp³-hybridized carbons (Fsp3) is 0.375. The molecule has 1 aliphatic heterocycles. The highest BCUT2D eigenvalue weighted by Gasteiger charge is 2.45. The van der Waals surface area contributed by atoms with Gasteiger partial charge >= 0.3 is 6.18 Å². The summed E-state index contributed by atoms with van der Waals surface area (Å²) in [6.07, 6.45) is -2.92. The summed E-state index contributed by atoms with van der Waals surface area (Å²) in [5, 5.41) is 7.76. The topological polar surface area (TPSA) is 32.3 Å². The van der Waals surface area contributed by atoms with Crippen LogP contribution in [0.4, 0.5) is 23.4 Å². The van der Waals surface area contributed by atoms with Crippen molar-refractivity contribution in [3.8, 4) is 0 Å². The van der Waals surface area contributed by atoms with Crippen molar-refractivity contribution < 1.29 is 17.6 Å². The van der Waals surface area contributed by atoms with Crippen LogP contribution in [-0.2, 0) is 0 Å². The predicted molar refractivity (Wildman–Crippen MR) is 81.0 cm³/mol. The molecule has 1 saturated heterocycles. The molecule has 24 heavy (non-hydrogen) atoms. The molecule has 1 aromatic heterocycles. The largest absolute Gasteiger partial charge is 0.408 e. The van der Waals surface area contributed by atoms with Gasteiger partial charge in [0.25, 0.3) is 0 Å². The Kier molecular flexibility index (Phi) is 4.66. The van der Waals surface area contributed by atoms with Crippen molar-refractivity contribution in [3.63, 3.8) is 0 Å². The number of benzene rings is 1. The Morgan fingerprint density at radius 3 is 2.33 bits per heavy atom. The lowest BCUT2D eigenvalue weighted by atomic mass is 10.0. The highest BCUT2D eigenvalue weighted by molar-refractivity contribution is 5.37. The number of hydrogen-bond acceptors (Lipinski definition) is 4. The lowest BCUT2D eigenvalue weighted by Crippen LogP contribution is -2.51. The van der Waals surface area contributed by atoms with Crippen LogP contribution in [0.5, 0.6) is 0 Å². The van der Waals surface area contributed by atoms with Gasteiger partial charge in [-0.1, -0.05) is 12.1 Å². The molecule has 3 rings (SSSR count). The summed E-state index contributed by atoms with van der Waals surface area (Å²) in [6, 6.07) is 6.42. The van der Waals surface area contributed by atoms with E-state index in [0.717, 1.165) is 12.1 Å². The van der Waals surface area contributed by atoms with Crippen molar-refractivity contribution in [2.75, 3.05) is 31.1 Å². The van der Waals surface area contributed by atoms with Crippen LogP contribution < -0.4 is 4.90 Å². The fourth-order valence-corrected chi connectivity index (χ4v) is 2.95. The number of nitrogens with zero attached hydrogens (tertiary/aromatic N) is 4. The second-order valence-corrected chi connectivity index (χ2v) is 5.60. The van der Waals surface area contributed by atoms with Crippen LogP contribution in [0.1, 0.15) is 11.6 Å². The van der Waals surface area contributed by atoms with Crippen LogP contribution >= 0.6 is 0 Å². The van der Waals surface area contributed by atoms with Gasteiger partial charge in [-0.25, -0.2) is 4.39 Å². The van der Waals surface area contributed by atoms with Gasteiger partial charge < -0.3 is 4.90 Å². The van der Waals surface area contributed by atoms with Gasteiger partial charge in [0.05, 0.1) is 0 Å². The SMILES string of the molecule is Fc1cccc([C@H](N2CCN(c3cccnn3)CC2)C(F)(F)F)c1. The minimum Gasteiger partial charge on any atom is -0.353 e. The van der Waals surface area contributed by atoms with Crippen molar-refractivity contribution >= 4 is 5.82 Å². The monoisotopic (exact) mass is 340 g/mol. The maximum Gasteiger partial charge on any atom is 0.408 e. The molecule has 0 saturated carbocycles. The normalized spacial score (nSPS) is 17.8. The Morgan fingerprint density at radius 2 is 1.75 bits per heavy atom. The highest BCUT2D eigenvalue weighted by Crippen LogP contribution is 2.38. The summed E-state index contributed by atoms with van der Waals surface area (Å²) in [5.74, 6) is -0.0218. The maximum absolute atomic E-state index is 13.5. The van der Waals surface area contributed by atoms with Crippen LogP contribution in [-0.4, -0.2) is 47.5 Å². The first kappa shape index (κ1) is 16.6. The third-order valence-corrected chi connectivity index (χ3v) is 4.04. The lowest BCUT2D eigenvalue weighted by Gasteiger charge is -2.40. The molecule has 0 radical (unpaired) electrons. The van der Waals surface area contributed by atoms with Gasteiger partial charge in [0, 0.05) is 32.4 Å². The Bertz CT molecular complexity index is 669. The number of piperazine rings is 1. The zero-order valence-electron chi connectivity index (χ0n) is 12.7. The zero-order valence-corrected chi connectivity index (χ0v) is 12.7. The van der Waals surface area contributed by atoms with E-state index in [-0.39, 0.29) is 18.7 Å². The van der Waals surface area contributed by atoms with E-state index in [0.29, 0.717) is 18.9 Å². The second-order valence-electron chi connectivity index (χ2n) is 5.60. The van der Waals surface area contributed by atoms with E-state index in [4.69, 9.17) is 0 Å². The molecule has 2 heterocycles. The molecule has 1 atom stereocenters. The maximum atomic E-state index is 13.5. The molecule has 128 valence electrons. The average Bonchev–Trinajstić information content (AvgIpc) is 2.55. The van der Waals surface area contributed by atoms with E-state index >= 15 is 0 Å². The Labute approximate surface area is 136 Å².